The molecule has 4 nitrogen and oxygen atoms in total. The Bertz CT molecular complexity index is 506. The van der Waals surface area contributed by atoms with Gasteiger partial charge < -0.3 is 15.5 Å². The minimum Gasteiger partial charge on any atom is -0.382 e. The van der Waals surface area contributed by atoms with E-state index in [0.717, 1.165) is 18.8 Å². The Balaban J connectivity index is 2.03. The smallest absolute Gasteiger partial charge is 0.221 e. The molecule has 116 valence electrons. The van der Waals surface area contributed by atoms with Crippen LogP contribution in [0.4, 0.5) is 15.8 Å². The average Bonchev–Trinajstić information content (AvgIpc) is 2.42. The van der Waals surface area contributed by atoms with Gasteiger partial charge in [0, 0.05) is 25.2 Å². The van der Waals surface area contributed by atoms with Crippen LogP contribution in [0.5, 0.6) is 0 Å². The third-order valence-electron chi connectivity index (χ3n) is 4.04. The first-order valence-corrected chi connectivity index (χ1v) is 7.48. The van der Waals surface area contributed by atoms with Crippen molar-refractivity contribution in [1.29, 1.82) is 0 Å². The van der Waals surface area contributed by atoms with Crippen LogP contribution in [0.3, 0.4) is 0 Å². The van der Waals surface area contributed by atoms with Gasteiger partial charge in [-0.1, -0.05) is 0 Å². The molecular formula is C16H24FN3O. The maximum Gasteiger partial charge on any atom is 0.221 e. The van der Waals surface area contributed by atoms with Gasteiger partial charge in [0.1, 0.15) is 5.82 Å². The number of carbonyl (C=O) groups excluding carboxylic acids is 1. The van der Waals surface area contributed by atoms with Crippen molar-refractivity contribution in [3.63, 3.8) is 0 Å². The van der Waals surface area contributed by atoms with Crippen LogP contribution >= 0.6 is 0 Å². The number of hydrogen-bond acceptors (Lipinski definition) is 3. The lowest BCUT2D eigenvalue weighted by molar-refractivity contribution is -0.114. The summed E-state index contributed by atoms with van der Waals surface area (Å²) in [5.74, 6) is -0.105. The maximum absolute atomic E-state index is 13.6. The van der Waals surface area contributed by atoms with Crippen molar-refractivity contribution >= 4 is 17.3 Å². The van der Waals surface area contributed by atoms with Gasteiger partial charge in [-0.3, -0.25) is 4.79 Å². The molecule has 1 fully saturated rings. The highest BCUT2D eigenvalue weighted by molar-refractivity contribution is 5.89. The largest absolute Gasteiger partial charge is 0.382 e. The van der Waals surface area contributed by atoms with Gasteiger partial charge in [0.25, 0.3) is 0 Å². The van der Waals surface area contributed by atoms with E-state index in [1.165, 1.54) is 25.8 Å². The van der Waals surface area contributed by atoms with E-state index in [-0.39, 0.29) is 11.6 Å². The molecule has 21 heavy (non-hydrogen) atoms. The van der Waals surface area contributed by atoms with E-state index in [1.807, 2.05) is 0 Å². The van der Waals surface area contributed by atoms with E-state index in [0.29, 0.717) is 12.0 Å². The number of amides is 1. The zero-order chi connectivity index (χ0) is 15.4. The third kappa shape index (κ3) is 4.43. The molecule has 1 aliphatic rings. The molecule has 2 N–H and O–H groups in total. The molecule has 0 aliphatic carbocycles. The molecule has 0 spiro atoms. The SMILES string of the molecule is CC(=O)Nc1cc(NC(C)C2CCCN(C)C2)ccc1F. The van der Waals surface area contributed by atoms with Crippen molar-refractivity contribution in [2.24, 2.45) is 5.92 Å². The molecule has 0 bridgehead atoms. The van der Waals surface area contributed by atoms with Gasteiger partial charge in [-0.25, -0.2) is 4.39 Å². The number of halogens is 1. The number of hydrogen-bond donors (Lipinski definition) is 2. The predicted molar refractivity (Wildman–Crippen MR) is 84.0 cm³/mol. The molecule has 2 unspecified atom stereocenters. The monoisotopic (exact) mass is 293 g/mol. The summed E-state index contributed by atoms with van der Waals surface area (Å²) in [5, 5.41) is 5.94. The summed E-state index contributed by atoms with van der Waals surface area (Å²) in [6, 6.07) is 5.06. The van der Waals surface area contributed by atoms with Gasteiger partial charge in [-0.05, 0) is 57.5 Å². The van der Waals surface area contributed by atoms with Crippen LogP contribution in [0.25, 0.3) is 0 Å². The van der Waals surface area contributed by atoms with E-state index >= 15 is 0 Å². The Morgan fingerprint density at radius 2 is 2.24 bits per heavy atom. The molecule has 2 rings (SSSR count). The van der Waals surface area contributed by atoms with Gasteiger partial charge in [0.05, 0.1) is 5.69 Å². The minimum absolute atomic E-state index is 0.223. The fourth-order valence-corrected chi connectivity index (χ4v) is 2.90. The second-order valence-electron chi connectivity index (χ2n) is 5.97. The molecule has 1 aliphatic heterocycles. The van der Waals surface area contributed by atoms with E-state index in [1.54, 1.807) is 12.1 Å². The zero-order valence-electron chi connectivity index (χ0n) is 12.9. The fraction of sp³-hybridized carbons (Fsp3) is 0.562. The Kier molecular flexibility index (Phi) is 5.17. The minimum atomic E-state index is -0.416. The molecule has 1 aromatic rings. The highest BCUT2D eigenvalue weighted by Crippen LogP contribution is 2.24. The van der Waals surface area contributed by atoms with Crippen molar-refractivity contribution in [2.75, 3.05) is 30.8 Å². The molecule has 0 radical (unpaired) electrons. The van der Waals surface area contributed by atoms with Gasteiger partial charge >= 0.3 is 0 Å². The normalized spacial score (nSPS) is 20.9. The predicted octanol–water partition coefficient (Wildman–Crippen LogP) is 2.93. The Hall–Kier alpha value is -1.62. The average molecular weight is 293 g/mol. The van der Waals surface area contributed by atoms with Gasteiger partial charge in [0.2, 0.25) is 5.91 Å². The van der Waals surface area contributed by atoms with E-state index in [2.05, 4.69) is 29.5 Å². The standard InChI is InChI=1S/C16H24FN3O/c1-11(13-5-4-8-20(3)10-13)18-14-6-7-15(17)16(9-14)19-12(2)21/h6-7,9,11,13,18H,4-5,8,10H2,1-3H3,(H,19,21). The number of nitrogens with one attached hydrogen (secondary N) is 2. The number of carbonyl (C=O) groups is 1. The number of benzene rings is 1. The summed E-state index contributed by atoms with van der Waals surface area (Å²) in [7, 11) is 2.14. The Labute approximate surface area is 125 Å². The van der Waals surface area contributed by atoms with Crippen molar-refractivity contribution in [2.45, 2.75) is 32.7 Å². The molecule has 1 heterocycles. The number of likely N-dealkylation sites (tertiary alicyclic amines) is 1. The van der Waals surface area contributed by atoms with Crippen LogP contribution in [0.2, 0.25) is 0 Å². The number of anilines is 2. The molecule has 1 aromatic carbocycles. The molecule has 5 heteroatoms. The molecule has 2 atom stereocenters. The summed E-state index contributed by atoms with van der Waals surface area (Å²) < 4.78 is 13.6. The van der Waals surface area contributed by atoms with Gasteiger partial charge in [-0.15, -0.1) is 0 Å². The van der Waals surface area contributed by atoms with Crippen LogP contribution in [-0.4, -0.2) is 37.0 Å². The van der Waals surface area contributed by atoms with Gasteiger partial charge in [0.15, 0.2) is 0 Å². The highest BCUT2D eigenvalue weighted by Gasteiger charge is 2.22. The number of rotatable bonds is 4. The van der Waals surface area contributed by atoms with E-state index in [9.17, 15) is 9.18 Å². The third-order valence-corrected chi connectivity index (χ3v) is 4.04. The van der Waals surface area contributed by atoms with Crippen LogP contribution in [0.15, 0.2) is 18.2 Å². The number of nitrogens with zero attached hydrogens (tertiary/aromatic N) is 1. The lowest BCUT2D eigenvalue weighted by Crippen LogP contribution is -2.39. The van der Waals surface area contributed by atoms with Crippen LogP contribution in [-0.2, 0) is 4.79 Å². The maximum atomic E-state index is 13.6. The highest BCUT2D eigenvalue weighted by atomic mass is 19.1. The second kappa shape index (κ2) is 6.89. The quantitative estimate of drug-likeness (QED) is 0.897. The van der Waals surface area contributed by atoms with Gasteiger partial charge in [-0.2, -0.15) is 0 Å². The zero-order valence-corrected chi connectivity index (χ0v) is 12.9. The number of piperidine rings is 1. The lowest BCUT2D eigenvalue weighted by Gasteiger charge is -2.34. The first kappa shape index (κ1) is 15.8. The first-order chi connectivity index (χ1) is 9.95. The second-order valence-corrected chi connectivity index (χ2v) is 5.97. The Morgan fingerprint density at radius 1 is 1.48 bits per heavy atom. The van der Waals surface area contributed by atoms with E-state index in [4.69, 9.17) is 0 Å². The summed E-state index contributed by atoms with van der Waals surface area (Å²) in [6.45, 7) is 5.77. The lowest BCUT2D eigenvalue weighted by atomic mass is 9.91. The van der Waals surface area contributed by atoms with E-state index < -0.39 is 5.82 Å². The van der Waals surface area contributed by atoms with Crippen LogP contribution in [0.1, 0.15) is 26.7 Å². The topological polar surface area (TPSA) is 44.4 Å². The molecule has 1 amide bonds. The van der Waals surface area contributed by atoms with Crippen LogP contribution < -0.4 is 10.6 Å². The summed E-state index contributed by atoms with van der Waals surface area (Å²) in [5.41, 5.74) is 1.06. The van der Waals surface area contributed by atoms with Crippen molar-refractivity contribution in [3.8, 4) is 0 Å². The molecule has 0 saturated carbocycles. The summed E-state index contributed by atoms with van der Waals surface area (Å²) in [4.78, 5) is 13.4. The van der Waals surface area contributed by atoms with Crippen molar-refractivity contribution in [3.05, 3.63) is 24.0 Å². The fourth-order valence-electron chi connectivity index (χ4n) is 2.90. The first-order valence-electron chi connectivity index (χ1n) is 7.48. The summed E-state index contributed by atoms with van der Waals surface area (Å²) in [6.07, 6.45) is 2.42. The molecule has 1 saturated heterocycles. The molecule has 0 aromatic heterocycles. The van der Waals surface area contributed by atoms with Crippen molar-refractivity contribution in [1.82, 2.24) is 4.90 Å². The molecular weight excluding hydrogens is 269 g/mol. The van der Waals surface area contributed by atoms with Crippen LogP contribution in [0, 0.1) is 11.7 Å². The Morgan fingerprint density at radius 3 is 2.90 bits per heavy atom. The van der Waals surface area contributed by atoms with Crippen molar-refractivity contribution < 1.29 is 9.18 Å². The summed E-state index contributed by atoms with van der Waals surface area (Å²) >= 11 is 0.